The number of imidazole rings is 1. The lowest BCUT2D eigenvalue weighted by Crippen LogP contribution is -2.33. The average Bonchev–Trinajstić information content (AvgIpc) is 3.19. The summed E-state index contributed by atoms with van der Waals surface area (Å²) in [6.45, 7) is 4.02. The second kappa shape index (κ2) is 5.47. The van der Waals surface area contributed by atoms with Gasteiger partial charge < -0.3 is 10.1 Å². The Kier molecular flexibility index (Phi) is 3.66. The van der Waals surface area contributed by atoms with Crippen LogP contribution in [0.4, 0.5) is 0 Å². The maximum absolute atomic E-state index is 11.2. The van der Waals surface area contributed by atoms with Gasteiger partial charge in [0.25, 0.3) is 0 Å². The molecule has 2 aromatic heterocycles. The van der Waals surface area contributed by atoms with Crippen molar-refractivity contribution < 1.29 is 5.11 Å². The fraction of sp³-hybridized carbons (Fsp3) is 0.235. The van der Waals surface area contributed by atoms with Gasteiger partial charge in [0.15, 0.2) is 0 Å². The zero-order valence-electron chi connectivity index (χ0n) is 12.1. The van der Waals surface area contributed by atoms with Crippen molar-refractivity contribution in [2.75, 3.05) is 0 Å². The summed E-state index contributed by atoms with van der Waals surface area (Å²) in [6, 6.07) is 10.2. The second-order valence-electron chi connectivity index (χ2n) is 5.48. The van der Waals surface area contributed by atoms with Crippen LogP contribution in [0.15, 0.2) is 53.6 Å². The molecule has 0 aliphatic carbocycles. The Morgan fingerprint density at radius 3 is 2.43 bits per heavy atom. The van der Waals surface area contributed by atoms with Crippen LogP contribution in [0.2, 0.25) is 0 Å². The summed E-state index contributed by atoms with van der Waals surface area (Å²) in [6.07, 6.45) is 3.29. The zero-order chi connectivity index (χ0) is 14.9. The summed E-state index contributed by atoms with van der Waals surface area (Å²) in [4.78, 5) is 7.08. The number of aliphatic hydroxyl groups is 1. The quantitative estimate of drug-likeness (QED) is 0.764. The number of hydrogen-bond acceptors (Lipinski definition) is 3. The van der Waals surface area contributed by atoms with Crippen LogP contribution in [0.5, 0.6) is 0 Å². The normalized spacial score (nSPS) is 14.3. The fourth-order valence-electron chi connectivity index (χ4n) is 2.61. The number of aromatic nitrogens is 2. The molecule has 0 amide bonds. The van der Waals surface area contributed by atoms with Crippen molar-refractivity contribution in [3.8, 4) is 11.1 Å². The van der Waals surface area contributed by atoms with E-state index < -0.39 is 5.60 Å². The van der Waals surface area contributed by atoms with Crippen LogP contribution in [-0.4, -0.2) is 15.1 Å². The van der Waals surface area contributed by atoms with E-state index in [-0.39, 0.29) is 5.92 Å². The van der Waals surface area contributed by atoms with Crippen molar-refractivity contribution in [1.29, 1.82) is 0 Å². The van der Waals surface area contributed by atoms with Gasteiger partial charge >= 0.3 is 0 Å². The van der Waals surface area contributed by atoms with Crippen LogP contribution >= 0.6 is 11.3 Å². The molecule has 3 aromatic rings. The van der Waals surface area contributed by atoms with Gasteiger partial charge in [-0.3, -0.25) is 0 Å². The van der Waals surface area contributed by atoms with Gasteiger partial charge in [-0.25, -0.2) is 4.98 Å². The topological polar surface area (TPSA) is 48.9 Å². The first-order valence-corrected chi connectivity index (χ1v) is 7.91. The van der Waals surface area contributed by atoms with Gasteiger partial charge in [0.2, 0.25) is 0 Å². The van der Waals surface area contributed by atoms with Gasteiger partial charge in [0.05, 0.1) is 18.2 Å². The van der Waals surface area contributed by atoms with Gasteiger partial charge in [-0.15, -0.1) is 0 Å². The summed E-state index contributed by atoms with van der Waals surface area (Å²) in [5, 5.41) is 15.4. The van der Waals surface area contributed by atoms with E-state index in [1.807, 2.05) is 26.0 Å². The zero-order valence-corrected chi connectivity index (χ0v) is 12.9. The maximum Gasteiger partial charge on any atom is 0.133 e. The molecule has 0 radical (unpaired) electrons. The van der Waals surface area contributed by atoms with Crippen molar-refractivity contribution >= 4 is 11.3 Å². The number of hydrogen-bond donors (Lipinski definition) is 2. The Balaban J connectivity index is 2.02. The molecule has 1 atom stereocenters. The number of rotatable bonds is 4. The van der Waals surface area contributed by atoms with E-state index in [1.165, 1.54) is 5.56 Å². The molecule has 0 aliphatic heterocycles. The Bertz CT molecular complexity index is 687. The molecule has 3 rings (SSSR count). The Morgan fingerprint density at radius 2 is 1.90 bits per heavy atom. The first-order valence-electron chi connectivity index (χ1n) is 6.96. The summed E-state index contributed by atoms with van der Waals surface area (Å²) in [7, 11) is 0. The van der Waals surface area contributed by atoms with Crippen LogP contribution in [-0.2, 0) is 5.60 Å². The first kappa shape index (κ1) is 14.0. The lowest BCUT2D eigenvalue weighted by atomic mass is 9.80. The third-order valence-corrected chi connectivity index (χ3v) is 4.61. The van der Waals surface area contributed by atoms with Crippen LogP contribution in [0.1, 0.15) is 25.1 Å². The third-order valence-electron chi connectivity index (χ3n) is 3.92. The molecule has 1 aromatic carbocycles. The molecule has 0 saturated carbocycles. The number of H-pyrrole nitrogens is 1. The van der Waals surface area contributed by atoms with E-state index >= 15 is 0 Å². The largest absolute Gasteiger partial charge is 0.379 e. The SMILES string of the molecule is CC(C)C(O)(c1ccc(-c2ccsc2)cc1)c1cnc[nH]1. The van der Waals surface area contributed by atoms with Crippen LogP contribution in [0.25, 0.3) is 11.1 Å². The van der Waals surface area contributed by atoms with Gasteiger partial charge in [0, 0.05) is 0 Å². The highest BCUT2D eigenvalue weighted by Gasteiger charge is 2.36. The molecular weight excluding hydrogens is 280 g/mol. The molecule has 0 bridgehead atoms. The number of thiophene rings is 1. The van der Waals surface area contributed by atoms with E-state index in [2.05, 4.69) is 38.9 Å². The molecule has 0 aliphatic rings. The van der Waals surface area contributed by atoms with Crippen LogP contribution in [0.3, 0.4) is 0 Å². The van der Waals surface area contributed by atoms with Gasteiger partial charge in [-0.05, 0) is 39.4 Å². The molecule has 3 nitrogen and oxygen atoms in total. The molecule has 0 spiro atoms. The van der Waals surface area contributed by atoms with Crippen molar-refractivity contribution in [2.24, 2.45) is 5.92 Å². The highest BCUT2D eigenvalue weighted by Crippen LogP contribution is 2.36. The Morgan fingerprint density at radius 1 is 1.14 bits per heavy atom. The van der Waals surface area contributed by atoms with E-state index in [4.69, 9.17) is 0 Å². The maximum atomic E-state index is 11.2. The lowest BCUT2D eigenvalue weighted by molar-refractivity contribution is 0.0279. The van der Waals surface area contributed by atoms with Crippen molar-refractivity contribution in [1.82, 2.24) is 9.97 Å². The fourth-order valence-corrected chi connectivity index (χ4v) is 3.27. The summed E-state index contributed by atoms with van der Waals surface area (Å²) < 4.78 is 0. The number of nitrogens with zero attached hydrogens (tertiary/aromatic N) is 1. The Labute approximate surface area is 128 Å². The van der Waals surface area contributed by atoms with Gasteiger partial charge in [-0.2, -0.15) is 11.3 Å². The third kappa shape index (κ3) is 2.41. The van der Waals surface area contributed by atoms with Crippen LogP contribution in [0, 0.1) is 5.92 Å². The van der Waals surface area contributed by atoms with E-state index in [0.29, 0.717) is 0 Å². The van der Waals surface area contributed by atoms with Gasteiger partial charge in [-0.1, -0.05) is 38.1 Å². The summed E-state index contributed by atoms with van der Waals surface area (Å²) >= 11 is 1.68. The lowest BCUT2D eigenvalue weighted by Gasteiger charge is -2.31. The minimum Gasteiger partial charge on any atom is -0.379 e. The first-order chi connectivity index (χ1) is 10.1. The highest BCUT2D eigenvalue weighted by molar-refractivity contribution is 7.08. The monoisotopic (exact) mass is 298 g/mol. The smallest absolute Gasteiger partial charge is 0.133 e. The second-order valence-corrected chi connectivity index (χ2v) is 6.26. The minimum atomic E-state index is -1.05. The molecule has 108 valence electrons. The standard InChI is InChI=1S/C17H18N2OS/c1-12(2)17(20,16-9-18-11-19-16)15-5-3-13(4-6-15)14-7-8-21-10-14/h3-12,20H,1-2H3,(H,18,19). The number of benzene rings is 1. The molecule has 2 N–H and O–H groups in total. The average molecular weight is 298 g/mol. The highest BCUT2D eigenvalue weighted by atomic mass is 32.1. The Hall–Kier alpha value is -1.91. The number of nitrogens with one attached hydrogen (secondary N) is 1. The molecular formula is C17H18N2OS. The summed E-state index contributed by atoms with van der Waals surface area (Å²) in [5.41, 5.74) is 2.92. The van der Waals surface area contributed by atoms with E-state index in [0.717, 1.165) is 16.8 Å². The minimum absolute atomic E-state index is 0.0324. The van der Waals surface area contributed by atoms with Gasteiger partial charge in [0.1, 0.15) is 5.60 Å². The molecule has 0 saturated heterocycles. The van der Waals surface area contributed by atoms with E-state index in [1.54, 1.807) is 23.9 Å². The van der Waals surface area contributed by atoms with E-state index in [9.17, 15) is 5.11 Å². The summed E-state index contributed by atoms with van der Waals surface area (Å²) in [5.74, 6) is 0.0324. The van der Waals surface area contributed by atoms with Crippen molar-refractivity contribution in [2.45, 2.75) is 19.4 Å². The number of aromatic amines is 1. The molecule has 21 heavy (non-hydrogen) atoms. The van der Waals surface area contributed by atoms with Crippen LogP contribution < -0.4 is 0 Å². The van der Waals surface area contributed by atoms with Crippen molar-refractivity contribution in [3.63, 3.8) is 0 Å². The molecule has 1 unspecified atom stereocenters. The molecule has 2 heterocycles. The molecule has 0 fully saturated rings. The van der Waals surface area contributed by atoms with Crippen molar-refractivity contribution in [3.05, 3.63) is 64.9 Å². The predicted molar refractivity (Wildman–Crippen MR) is 86.2 cm³/mol. The predicted octanol–water partition coefficient (Wildman–Crippen LogP) is 4.03. The molecule has 4 heteroatoms.